The van der Waals surface area contributed by atoms with E-state index in [1.54, 1.807) is 0 Å². The van der Waals surface area contributed by atoms with Gasteiger partial charge in [-0.1, -0.05) is 276 Å². The molecule has 382 valence electrons. The lowest BCUT2D eigenvalue weighted by molar-refractivity contribution is -0.167. The fourth-order valence-electron chi connectivity index (χ4n) is 8.61. The summed E-state index contributed by atoms with van der Waals surface area (Å²) in [5.41, 5.74) is 0. The van der Waals surface area contributed by atoms with Crippen molar-refractivity contribution in [1.29, 1.82) is 0 Å². The lowest BCUT2D eigenvalue weighted by Crippen LogP contribution is -2.30. The standard InChI is InChI=1S/C59H110O6/c1-4-7-10-13-16-19-22-25-27-29-30-31-33-34-37-40-43-46-49-52-58(61)64-55-56(54-63-57(60)51-48-45-42-39-36-24-21-18-15-12-9-6-3)65-59(62)53-50-47-44-41-38-35-32-28-26-23-20-17-14-11-8-5-2/h16,19,22,25,56H,4-15,17-18,20-21,23-24,26-55H2,1-3H3/b19-16-,25-22-. The summed E-state index contributed by atoms with van der Waals surface area (Å²) in [5.74, 6) is -0.849. The van der Waals surface area contributed by atoms with Gasteiger partial charge < -0.3 is 14.2 Å². The van der Waals surface area contributed by atoms with Gasteiger partial charge in [-0.15, -0.1) is 0 Å². The molecule has 0 heterocycles. The fraction of sp³-hybridized carbons (Fsp3) is 0.881. The zero-order valence-corrected chi connectivity index (χ0v) is 43.8. The molecule has 0 aliphatic heterocycles. The van der Waals surface area contributed by atoms with Crippen LogP contribution in [-0.4, -0.2) is 37.2 Å². The van der Waals surface area contributed by atoms with Crippen LogP contribution in [0.3, 0.4) is 0 Å². The first-order valence-corrected chi connectivity index (χ1v) is 28.9. The lowest BCUT2D eigenvalue weighted by Gasteiger charge is -2.18. The van der Waals surface area contributed by atoms with Gasteiger partial charge in [0.1, 0.15) is 13.2 Å². The Bertz CT molecular complexity index is 1050. The van der Waals surface area contributed by atoms with Crippen LogP contribution >= 0.6 is 0 Å². The minimum atomic E-state index is -0.767. The van der Waals surface area contributed by atoms with E-state index < -0.39 is 6.10 Å². The molecule has 0 fully saturated rings. The summed E-state index contributed by atoms with van der Waals surface area (Å²) >= 11 is 0. The summed E-state index contributed by atoms with van der Waals surface area (Å²) in [7, 11) is 0. The third kappa shape index (κ3) is 52.7. The highest BCUT2D eigenvalue weighted by molar-refractivity contribution is 5.71. The van der Waals surface area contributed by atoms with Crippen LogP contribution in [-0.2, 0) is 28.6 Å². The van der Waals surface area contributed by atoms with Gasteiger partial charge in [0, 0.05) is 19.3 Å². The van der Waals surface area contributed by atoms with E-state index >= 15 is 0 Å². The Balaban J connectivity index is 4.30. The van der Waals surface area contributed by atoms with Gasteiger partial charge in [0.05, 0.1) is 0 Å². The van der Waals surface area contributed by atoms with Crippen LogP contribution in [0.25, 0.3) is 0 Å². The highest BCUT2D eigenvalue weighted by atomic mass is 16.6. The Labute approximate surface area is 404 Å². The van der Waals surface area contributed by atoms with Crippen LogP contribution in [0.15, 0.2) is 24.3 Å². The zero-order chi connectivity index (χ0) is 47.2. The van der Waals surface area contributed by atoms with E-state index in [0.29, 0.717) is 19.3 Å². The second-order valence-corrected chi connectivity index (χ2v) is 19.6. The van der Waals surface area contributed by atoms with E-state index in [0.717, 1.165) is 57.8 Å². The Hall–Kier alpha value is -2.11. The number of carbonyl (C=O) groups is 3. The number of ether oxygens (including phenoxy) is 3. The van der Waals surface area contributed by atoms with Crippen molar-refractivity contribution < 1.29 is 28.6 Å². The summed E-state index contributed by atoms with van der Waals surface area (Å²) in [5, 5.41) is 0. The van der Waals surface area contributed by atoms with Crippen LogP contribution in [0.5, 0.6) is 0 Å². The largest absolute Gasteiger partial charge is 0.462 e. The molecule has 0 rings (SSSR count). The number of unbranched alkanes of at least 4 members (excludes halogenated alkanes) is 39. The van der Waals surface area contributed by atoms with Crippen molar-refractivity contribution in [2.45, 2.75) is 322 Å². The summed E-state index contributed by atoms with van der Waals surface area (Å²) < 4.78 is 16.9. The Morgan fingerprint density at radius 1 is 0.308 bits per heavy atom. The van der Waals surface area contributed by atoms with Gasteiger partial charge in [0.15, 0.2) is 6.10 Å². The van der Waals surface area contributed by atoms with Crippen LogP contribution in [0, 0.1) is 0 Å². The van der Waals surface area contributed by atoms with Crippen LogP contribution < -0.4 is 0 Å². The monoisotopic (exact) mass is 915 g/mol. The number of hydrogen-bond donors (Lipinski definition) is 0. The smallest absolute Gasteiger partial charge is 0.306 e. The van der Waals surface area contributed by atoms with Crippen molar-refractivity contribution in [1.82, 2.24) is 0 Å². The maximum Gasteiger partial charge on any atom is 0.306 e. The number of allylic oxidation sites excluding steroid dienone is 4. The predicted molar refractivity (Wildman–Crippen MR) is 279 cm³/mol. The maximum absolute atomic E-state index is 12.8. The Morgan fingerprint density at radius 2 is 0.538 bits per heavy atom. The van der Waals surface area contributed by atoms with E-state index in [9.17, 15) is 14.4 Å². The zero-order valence-electron chi connectivity index (χ0n) is 43.8. The van der Waals surface area contributed by atoms with E-state index in [2.05, 4.69) is 45.1 Å². The van der Waals surface area contributed by atoms with Crippen molar-refractivity contribution in [3.8, 4) is 0 Å². The fourth-order valence-corrected chi connectivity index (χ4v) is 8.61. The molecule has 6 heteroatoms. The summed E-state index contributed by atoms with van der Waals surface area (Å²) in [6.07, 6.45) is 63.0. The predicted octanol–water partition coefficient (Wildman–Crippen LogP) is 19.1. The van der Waals surface area contributed by atoms with Crippen molar-refractivity contribution in [3.05, 3.63) is 24.3 Å². The second-order valence-electron chi connectivity index (χ2n) is 19.6. The summed E-state index contributed by atoms with van der Waals surface area (Å²) in [4.78, 5) is 38.1. The second kappa shape index (κ2) is 54.5. The van der Waals surface area contributed by atoms with E-state index in [1.165, 1.54) is 218 Å². The first-order valence-electron chi connectivity index (χ1n) is 28.9. The van der Waals surface area contributed by atoms with E-state index in [-0.39, 0.29) is 31.1 Å². The molecule has 0 N–H and O–H groups in total. The van der Waals surface area contributed by atoms with Gasteiger partial charge in [-0.05, 0) is 44.9 Å². The molecule has 0 aromatic heterocycles. The average Bonchev–Trinajstić information content (AvgIpc) is 3.30. The molecule has 0 radical (unpaired) electrons. The van der Waals surface area contributed by atoms with Gasteiger partial charge in [-0.25, -0.2) is 0 Å². The van der Waals surface area contributed by atoms with Crippen molar-refractivity contribution in [2.24, 2.45) is 0 Å². The lowest BCUT2D eigenvalue weighted by atomic mass is 10.0. The molecule has 0 spiro atoms. The molecular formula is C59H110O6. The molecule has 0 aliphatic carbocycles. The molecule has 0 saturated carbocycles. The molecule has 0 aromatic rings. The molecule has 0 bridgehead atoms. The van der Waals surface area contributed by atoms with Crippen LogP contribution in [0.2, 0.25) is 0 Å². The number of hydrogen-bond acceptors (Lipinski definition) is 6. The number of carbonyl (C=O) groups excluding carboxylic acids is 3. The quantitative estimate of drug-likeness (QED) is 0.0262. The number of rotatable bonds is 53. The van der Waals surface area contributed by atoms with Crippen LogP contribution in [0.4, 0.5) is 0 Å². The molecule has 6 nitrogen and oxygen atoms in total. The van der Waals surface area contributed by atoms with E-state index in [4.69, 9.17) is 14.2 Å². The minimum Gasteiger partial charge on any atom is -0.462 e. The van der Waals surface area contributed by atoms with Gasteiger partial charge in [-0.2, -0.15) is 0 Å². The molecule has 1 unspecified atom stereocenters. The van der Waals surface area contributed by atoms with Gasteiger partial charge in [-0.3, -0.25) is 14.4 Å². The molecule has 0 saturated heterocycles. The molecule has 0 amide bonds. The van der Waals surface area contributed by atoms with Gasteiger partial charge in [0.2, 0.25) is 0 Å². The molecule has 65 heavy (non-hydrogen) atoms. The third-order valence-corrected chi connectivity index (χ3v) is 13.0. The minimum absolute atomic E-state index is 0.0665. The van der Waals surface area contributed by atoms with E-state index in [1.807, 2.05) is 0 Å². The highest BCUT2D eigenvalue weighted by Crippen LogP contribution is 2.17. The van der Waals surface area contributed by atoms with Gasteiger partial charge in [0.25, 0.3) is 0 Å². The summed E-state index contributed by atoms with van der Waals surface area (Å²) in [6.45, 7) is 6.65. The van der Waals surface area contributed by atoms with Crippen molar-refractivity contribution in [3.63, 3.8) is 0 Å². The van der Waals surface area contributed by atoms with Gasteiger partial charge >= 0.3 is 17.9 Å². The van der Waals surface area contributed by atoms with Crippen molar-refractivity contribution in [2.75, 3.05) is 13.2 Å². The Morgan fingerprint density at radius 3 is 0.846 bits per heavy atom. The normalized spacial score (nSPS) is 12.1. The SMILES string of the molecule is CCCCC/C=C\C=C/CCCCCCCCCCCCC(=O)OCC(COC(=O)CCCCCCCCCCCCCC)OC(=O)CCCCCCCCCCCCCCCCCC. The summed E-state index contributed by atoms with van der Waals surface area (Å²) in [6, 6.07) is 0. The topological polar surface area (TPSA) is 78.9 Å². The first kappa shape index (κ1) is 62.9. The molecule has 0 aromatic carbocycles. The third-order valence-electron chi connectivity index (χ3n) is 13.0. The maximum atomic E-state index is 12.8. The average molecular weight is 916 g/mol. The first-order chi connectivity index (χ1) is 32.0. The highest BCUT2D eigenvalue weighted by Gasteiger charge is 2.19. The molecule has 1 atom stereocenters. The number of esters is 3. The van der Waals surface area contributed by atoms with Crippen molar-refractivity contribution >= 4 is 17.9 Å². The molecule has 0 aliphatic rings. The molecular weight excluding hydrogens is 805 g/mol. The Kier molecular flexibility index (Phi) is 52.7. The van der Waals surface area contributed by atoms with Crippen LogP contribution in [0.1, 0.15) is 316 Å².